The summed E-state index contributed by atoms with van der Waals surface area (Å²) < 4.78 is 0. The fourth-order valence-electron chi connectivity index (χ4n) is 7.02. The summed E-state index contributed by atoms with van der Waals surface area (Å²) in [7, 11) is 0. The first-order valence-corrected chi connectivity index (χ1v) is 21.8. The van der Waals surface area contributed by atoms with Gasteiger partial charge in [0.25, 0.3) is 0 Å². The van der Waals surface area contributed by atoms with E-state index in [1.807, 2.05) is 13.8 Å². The lowest BCUT2D eigenvalue weighted by molar-refractivity contribution is -0.136. The van der Waals surface area contributed by atoms with E-state index in [4.69, 9.17) is 17.2 Å². The third-order valence-electron chi connectivity index (χ3n) is 10.5. The molecule has 0 aromatic heterocycles. The Labute approximate surface area is 378 Å². The molecule has 3 rings (SSSR count). The number of hydrogen-bond donors (Lipinski definition) is 12. The van der Waals surface area contributed by atoms with Crippen molar-refractivity contribution in [3.8, 4) is 0 Å². The molecule has 0 spiro atoms. The highest BCUT2D eigenvalue weighted by atomic mass is 16.3. The Morgan fingerprint density at radius 3 is 1.58 bits per heavy atom. The Morgan fingerprint density at radius 2 is 1.09 bits per heavy atom. The molecule has 0 unspecified atom stereocenters. The minimum absolute atomic E-state index is 0.0566. The molecule has 8 amide bonds. The van der Waals surface area contributed by atoms with Gasteiger partial charge in [0.2, 0.25) is 47.3 Å². The third kappa shape index (κ3) is 17.0. The van der Waals surface area contributed by atoms with Gasteiger partial charge in [-0.2, -0.15) is 0 Å². The quantitative estimate of drug-likeness (QED) is 0.0614. The normalized spacial score (nSPS) is 24.4. The van der Waals surface area contributed by atoms with Gasteiger partial charge in [0, 0.05) is 13.0 Å². The summed E-state index contributed by atoms with van der Waals surface area (Å²) in [5.41, 5.74) is 18.5. The van der Waals surface area contributed by atoms with Crippen molar-refractivity contribution >= 4 is 53.5 Å². The number of aliphatic hydroxyl groups excluding tert-OH is 1. The van der Waals surface area contributed by atoms with E-state index in [0.29, 0.717) is 17.4 Å². The number of hydrogen-bond acceptors (Lipinski definition) is 13. The average molecular weight is 908 g/mol. The highest BCUT2D eigenvalue weighted by Gasteiger charge is 2.36. The Balaban J connectivity index is 2.12. The number of rotatable bonds is 15. The number of nitrogens with two attached hydrogens (primary N) is 3. The maximum absolute atomic E-state index is 14.2. The van der Waals surface area contributed by atoms with Crippen LogP contribution in [0.2, 0.25) is 0 Å². The number of amides is 8. The molecule has 0 radical (unpaired) electrons. The maximum Gasteiger partial charge on any atom is 0.245 e. The lowest BCUT2D eigenvalue weighted by Crippen LogP contribution is -2.61. The van der Waals surface area contributed by atoms with Crippen molar-refractivity contribution in [2.75, 3.05) is 26.2 Å². The Bertz CT molecular complexity index is 1920. The minimum atomic E-state index is -1.60. The van der Waals surface area contributed by atoms with Crippen LogP contribution in [0.15, 0.2) is 60.7 Å². The largest absolute Gasteiger partial charge is 0.391 e. The van der Waals surface area contributed by atoms with Gasteiger partial charge < -0.3 is 69.6 Å². The summed E-state index contributed by atoms with van der Waals surface area (Å²) in [5.74, 6) is -8.29. The van der Waals surface area contributed by atoms with Crippen molar-refractivity contribution in [3.05, 3.63) is 71.8 Å². The Hall–Kier alpha value is -6.29. The van der Waals surface area contributed by atoms with Crippen LogP contribution < -0.4 is 59.7 Å². The monoisotopic (exact) mass is 907 g/mol. The first kappa shape index (κ1) is 53.1. The summed E-state index contributed by atoms with van der Waals surface area (Å²) in [5, 5.41) is 31.3. The van der Waals surface area contributed by atoms with Crippen molar-refractivity contribution in [2.45, 2.75) is 114 Å². The topological polar surface area (TPSA) is 348 Å². The van der Waals surface area contributed by atoms with Gasteiger partial charge in [-0.05, 0) is 75.7 Å². The van der Waals surface area contributed by atoms with Gasteiger partial charge in [-0.1, -0.05) is 74.5 Å². The molecule has 1 aliphatic rings. The Morgan fingerprint density at radius 1 is 0.646 bits per heavy atom. The number of aliphatic hydroxyl groups is 1. The number of carbonyl (C=O) groups excluding carboxylic acids is 9. The van der Waals surface area contributed by atoms with Crippen LogP contribution in [0.5, 0.6) is 0 Å². The van der Waals surface area contributed by atoms with E-state index in [1.54, 1.807) is 60.7 Å². The fourth-order valence-corrected chi connectivity index (χ4v) is 7.02. The number of carbonyl (C=O) groups is 9. The molecule has 2 aromatic rings. The number of aldehydes is 1. The smallest absolute Gasteiger partial charge is 0.245 e. The van der Waals surface area contributed by atoms with Gasteiger partial charge in [0.15, 0.2) is 0 Å². The van der Waals surface area contributed by atoms with Gasteiger partial charge >= 0.3 is 0 Å². The van der Waals surface area contributed by atoms with Crippen LogP contribution in [-0.2, 0) is 49.6 Å². The van der Waals surface area contributed by atoms with Gasteiger partial charge in [-0.3, -0.25) is 38.4 Å². The zero-order chi connectivity index (χ0) is 48.1. The summed E-state index contributed by atoms with van der Waals surface area (Å²) in [6.45, 7) is 4.22. The molecule has 65 heavy (non-hydrogen) atoms. The highest BCUT2D eigenvalue weighted by molar-refractivity contribution is 6.01. The van der Waals surface area contributed by atoms with Crippen LogP contribution in [0.1, 0.15) is 69.9 Å². The molecular formula is C44H65N11O10. The molecule has 2 aromatic carbocycles. The van der Waals surface area contributed by atoms with Crippen LogP contribution in [0.25, 0.3) is 0 Å². The molecule has 9 atom stereocenters. The molecule has 21 nitrogen and oxygen atoms in total. The second-order valence-electron chi connectivity index (χ2n) is 16.2. The Kier molecular flexibility index (Phi) is 22.1. The molecule has 1 fully saturated rings. The van der Waals surface area contributed by atoms with Crippen LogP contribution >= 0.6 is 0 Å². The molecule has 0 bridgehead atoms. The molecule has 1 saturated heterocycles. The van der Waals surface area contributed by atoms with E-state index in [1.165, 1.54) is 6.92 Å². The first-order valence-electron chi connectivity index (χ1n) is 21.8. The molecular weight excluding hydrogens is 843 g/mol. The fraction of sp³-hybridized carbons (Fsp3) is 0.523. The average Bonchev–Trinajstić information content (AvgIpc) is 3.27. The second kappa shape index (κ2) is 27.1. The van der Waals surface area contributed by atoms with Gasteiger partial charge in [-0.15, -0.1) is 0 Å². The highest BCUT2D eigenvalue weighted by Crippen LogP contribution is 2.15. The zero-order valence-electron chi connectivity index (χ0n) is 37.0. The molecule has 1 aliphatic heterocycles. The van der Waals surface area contributed by atoms with E-state index in [-0.39, 0.29) is 70.6 Å². The lowest BCUT2D eigenvalue weighted by Gasteiger charge is -2.28. The van der Waals surface area contributed by atoms with E-state index in [0.717, 1.165) is 0 Å². The zero-order valence-corrected chi connectivity index (χ0v) is 37.0. The van der Waals surface area contributed by atoms with Crippen LogP contribution in [0, 0.1) is 5.92 Å². The summed E-state index contributed by atoms with van der Waals surface area (Å²) in [6, 6.07) is 7.03. The van der Waals surface area contributed by atoms with Crippen LogP contribution in [0.3, 0.4) is 0 Å². The van der Waals surface area contributed by atoms with Crippen molar-refractivity contribution < 1.29 is 48.3 Å². The molecule has 0 aliphatic carbocycles. The number of benzene rings is 2. The first-order chi connectivity index (χ1) is 31.0. The summed E-state index contributed by atoms with van der Waals surface area (Å²) in [6.07, 6.45) is -1.72. The molecule has 21 heteroatoms. The van der Waals surface area contributed by atoms with E-state index in [2.05, 4.69) is 42.5 Å². The lowest BCUT2D eigenvalue weighted by atomic mass is 9.99. The SMILES string of the molecule is CC(C)C[C@@H]1NC(=O)[C@@H](Cc2ccccc2)NC(=O)[C@H](CCN)NC(=O)[C@@H](NC(=O)[C@H](C=O)c2ccccc2)CCNC(=O)[C@H]([C@@H](C)O)NC(=O)[C@H](CCN)NC(=O)[C@H](CCN)NC1=O. The molecule has 1 heterocycles. The maximum atomic E-state index is 14.2. The minimum Gasteiger partial charge on any atom is -0.391 e. The molecule has 0 saturated carbocycles. The molecule has 356 valence electrons. The second-order valence-corrected chi connectivity index (χ2v) is 16.2. The van der Waals surface area contributed by atoms with Gasteiger partial charge in [-0.25, -0.2) is 0 Å². The summed E-state index contributed by atoms with van der Waals surface area (Å²) >= 11 is 0. The predicted molar refractivity (Wildman–Crippen MR) is 239 cm³/mol. The summed E-state index contributed by atoms with van der Waals surface area (Å²) in [4.78, 5) is 123. The standard InChI is InChI=1S/C44H65N11O10/c1-25(2)22-34-42(63)52-30(14-18-45)38(59)51-32(16-20-47)41(62)55-36(26(3)57)44(65)48-21-17-33(49-37(58)29(24-56)28-12-8-5-9-13-28)40(61)50-31(15-19-46)39(60)54-35(43(64)53-34)23-27-10-6-4-7-11-27/h4-13,24-26,29-36,57H,14-23,45-47H2,1-3H3,(H,48,65)(H,49,58)(H,50,61)(H,51,59)(H,52,63)(H,53,64)(H,54,60)(H,55,62)/t26-,29-,30+,31+,32+,33+,34+,35-,36+/m1/s1. The predicted octanol–water partition coefficient (Wildman–Crippen LogP) is -3.40. The third-order valence-corrected chi connectivity index (χ3v) is 10.5. The van der Waals surface area contributed by atoms with E-state index >= 15 is 0 Å². The number of nitrogens with one attached hydrogen (secondary N) is 8. The van der Waals surface area contributed by atoms with Crippen molar-refractivity contribution in [1.82, 2.24) is 42.5 Å². The van der Waals surface area contributed by atoms with Crippen LogP contribution in [0.4, 0.5) is 0 Å². The van der Waals surface area contributed by atoms with E-state index in [9.17, 15) is 48.3 Å². The van der Waals surface area contributed by atoms with E-state index < -0.39 is 102 Å². The van der Waals surface area contributed by atoms with Crippen molar-refractivity contribution in [3.63, 3.8) is 0 Å². The van der Waals surface area contributed by atoms with Crippen molar-refractivity contribution in [1.29, 1.82) is 0 Å². The molecule has 15 N–H and O–H groups in total. The van der Waals surface area contributed by atoms with Gasteiger partial charge in [0.05, 0.1) is 6.10 Å². The van der Waals surface area contributed by atoms with Gasteiger partial charge in [0.1, 0.15) is 54.5 Å². The van der Waals surface area contributed by atoms with Crippen molar-refractivity contribution in [2.24, 2.45) is 23.1 Å². The van der Waals surface area contributed by atoms with Crippen LogP contribution in [-0.4, -0.2) is 133 Å².